The maximum Gasteiger partial charge on any atom is 0.0134 e. The molecular formula is C18H33N3. The van der Waals surface area contributed by atoms with Crippen LogP contribution < -0.4 is 16.0 Å². The largest absolute Gasteiger partial charge is 0.316 e. The molecule has 0 amide bonds. The molecule has 3 aliphatic heterocycles. The molecule has 1 saturated heterocycles. The van der Waals surface area contributed by atoms with Crippen LogP contribution in [-0.4, -0.2) is 38.8 Å². The molecule has 0 spiro atoms. The molecule has 0 aromatic carbocycles. The van der Waals surface area contributed by atoms with Crippen molar-refractivity contribution in [2.45, 2.75) is 51.0 Å². The Morgan fingerprint density at radius 3 is 2.14 bits per heavy atom. The van der Waals surface area contributed by atoms with Gasteiger partial charge in [-0.15, -0.1) is 0 Å². The predicted molar refractivity (Wildman–Crippen MR) is 91.6 cm³/mol. The Bertz CT molecular complexity index is 258. The molecule has 1 aliphatic carbocycles. The highest BCUT2D eigenvalue weighted by atomic mass is 15.0. The fourth-order valence-corrected chi connectivity index (χ4v) is 3.24. The molecule has 0 aromatic heterocycles. The van der Waals surface area contributed by atoms with E-state index in [4.69, 9.17) is 0 Å². The number of nitrogens with one attached hydrogen (secondary N) is 3. The summed E-state index contributed by atoms with van der Waals surface area (Å²) in [6, 6.07) is 0.921. The second kappa shape index (κ2) is 11.0. The van der Waals surface area contributed by atoms with Gasteiger partial charge in [0, 0.05) is 12.6 Å². The van der Waals surface area contributed by atoms with Gasteiger partial charge in [-0.3, -0.25) is 0 Å². The first-order valence-electron chi connectivity index (χ1n) is 8.90. The minimum atomic E-state index is 0.921. The summed E-state index contributed by atoms with van der Waals surface area (Å²) in [6.07, 6.45) is 18.3. The molecule has 120 valence electrons. The zero-order valence-corrected chi connectivity index (χ0v) is 13.4. The molecule has 4 rings (SSSR count). The first kappa shape index (κ1) is 16.7. The van der Waals surface area contributed by atoms with Gasteiger partial charge in [-0.05, 0) is 77.0 Å². The monoisotopic (exact) mass is 291 g/mol. The Balaban J connectivity index is 0.000000115. The summed E-state index contributed by atoms with van der Waals surface area (Å²) in [6.45, 7) is 5.89. The van der Waals surface area contributed by atoms with Gasteiger partial charge in [0.25, 0.3) is 0 Å². The van der Waals surface area contributed by atoms with Crippen molar-refractivity contribution in [1.29, 1.82) is 0 Å². The number of rotatable bonds is 0. The van der Waals surface area contributed by atoms with Gasteiger partial charge >= 0.3 is 0 Å². The van der Waals surface area contributed by atoms with Crippen LogP contribution >= 0.6 is 0 Å². The van der Waals surface area contributed by atoms with E-state index in [9.17, 15) is 0 Å². The van der Waals surface area contributed by atoms with Gasteiger partial charge in [0.1, 0.15) is 0 Å². The lowest BCUT2D eigenvalue weighted by Gasteiger charge is -2.08. The highest BCUT2D eigenvalue weighted by Gasteiger charge is 2.30. The van der Waals surface area contributed by atoms with Crippen molar-refractivity contribution in [3.8, 4) is 0 Å². The molecule has 21 heavy (non-hydrogen) atoms. The lowest BCUT2D eigenvalue weighted by atomic mass is 10.1. The third kappa shape index (κ3) is 7.79. The molecule has 0 radical (unpaired) electrons. The third-order valence-electron chi connectivity index (χ3n) is 4.53. The van der Waals surface area contributed by atoms with Gasteiger partial charge in [0.05, 0.1) is 0 Å². The summed E-state index contributed by atoms with van der Waals surface area (Å²) >= 11 is 0. The van der Waals surface area contributed by atoms with E-state index in [2.05, 4.69) is 40.3 Å². The second-order valence-corrected chi connectivity index (χ2v) is 6.40. The maximum atomic E-state index is 3.46. The number of fused-ring (bicyclic) bond motifs is 2. The highest BCUT2D eigenvalue weighted by Crippen LogP contribution is 2.29. The van der Waals surface area contributed by atoms with Gasteiger partial charge < -0.3 is 16.0 Å². The maximum absolute atomic E-state index is 3.46. The van der Waals surface area contributed by atoms with Crippen molar-refractivity contribution in [2.24, 2.45) is 5.92 Å². The molecule has 2 unspecified atom stereocenters. The van der Waals surface area contributed by atoms with Crippen LogP contribution in [0, 0.1) is 5.92 Å². The van der Waals surface area contributed by atoms with Crippen LogP contribution in [0.2, 0.25) is 0 Å². The SMILES string of the molecule is C1=CCCNCC1.C1=CCNCCC1.C1CC2CC1CN2. The smallest absolute Gasteiger partial charge is 0.0134 e. The molecular weight excluding hydrogens is 258 g/mol. The number of piperidine rings is 1. The average Bonchev–Trinajstić information content (AvgIpc) is 2.93. The van der Waals surface area contributed by atoms with Crippen LogP contribution in [0.1, 0.15) is 44.9 Å². The first-order valence-corrected chi connectivity index (χ1v) is 8.90. The summed E-state index contributed by atoms with van der Waals surface area (Å²) in [7, 11) is 0. The van der Waals surface area contributed by atoms with Crippen molar-refractivity contribution >= 4 is 0 Å². The van der Waals surface area contributed by atoms with E-state index in [1.165, 1.54) is 58.0 Å². The topological polar surface area (TPSA) is 36.1 Å². The Hall–Kier alpha value is -0.640. The van der Waals surface area contributed by atoms with E-state index in [0.717, 1.165) is 31.6 Å². The molecule has 2 bridgehead atoms. The molecule has 2 atom stereocenters. The standard InChI is InChI=1S/3C6H11N/c1-2-6-3-5(1)4-7-6;2*1-2-4-6-7-5-3-1/h5-7H,1-4H2;1,3,7H,2,4-6H2;1-2,7H,3-6H2. The number of hydrogen-bond donors (Lipinski definition) is 3. The van der Waals surface area contributed by atoms with Crippen LogP contribution in [0.25, 0.3) is 0 Å². The van der Waals surface area contributed by atoms with E-state index < -0.39 is 0 Å². The van der Waals surface area contributed by atoms with Crippen LogP contribution in [0.3, 0.4) is 0 Å². The lowest BCUT2D eigenvalue weighted by Crippen LogP contribution is -2.23. The fraction of sp³-hybridized carbons (Fsp3) is 0.778. The normalized spacial score (nSPS) is 30.5. The predicted octanol–water partition coefficient (Wildman–Crippen LogP) is 2.61. The molecule has 3 heteroatoms. The van der Waals surface area contributed by atoms with E-state index in [1.807, 2.05) is 0 Å². The van der Waals surface area contributed by atoms with Gasteiger partial charge in [-0.25, -0.2) is 0 Å². The van der Waals surface area contributed by atoms with Crippen LogP contribution in [0.4, 0.5) is 0 Å². The average molecular weight is 291 g/mol. The van der Waals surface area contributed by atoms with E-state index >= 15 is 0 Å². The Labute approximate surface area is 130 Å². The second-order valence-electron chi connectivity index (χ2n) is 6.40. The van der Waals surface area contributed by atoms with E-state index in [0.29, 0.717) is 0 Å². The fourth-order valence-electron chi connectivity index (χ4n) is 3.24. The van der Waals surface area contributed by atoms with Crippen molar-refractivity contribution < 1.29 is 0 Å². The molecule has 3 nitrogen and oxygen atoms in total. The molecule has 0 aromatic rings. The summed E-state index contributed by atoms with van der Waals surface area (Å²) in [5.74, 6) is 1.06. The van der Waals surface area contributed by atoms with E-state index in [1.54, 1.807) is 0 Å². The van der Waals surface area contributed by atoms with Crippen LogP contribution in [0.15, 0.2) is 24.3 Å². The zero-order valence-electron chi connectivity index (χ0n) is 13.4. The number of hydrogen-bond acceptors (Lipinski definition) is 3. The molecule has 2 fully saturated rings. The third-order valence-corrected chi connectivity index (χ3v) is 4.53. The van der Waals surface area contributed by atoms with Crippen molar-refractivity contribution in [3.63, 3.8) is 0 Å². The summed E-state index contributed by atoms with van der Waals surface area (Å²) in [5, 5.41) is 10.0. The minimum Gasteiger partial charge on any atom is -0.316 e. The molecule has 3 N–H and O–H groups in total. The highest BCUT2D eigenvalue weighted by molar-refractivity contribution is 4.88. The molecule has 3 heterocycles. The Morgan fingerprint density at radius 1 is 0.762 bits per heavy atom. The summed E-state index contributed by atoms with van der Waals surface area (Å²) < 4.78 is 0. The van der Waals surface area contributed by atoms with Gasteiger partial charge in [0.15, 0.2) is 0 Å². The quantitative estimate of drug-likeness (QED) is 0.601. The van der Waals surface area contributed by atoms with Gasteiger partial charge in [-0.1, -0.05) is 24.3 Å². The van der Waals surface area contributed by atoms with Gasteiger partial charge in [0.2, 0.25) is 0 Å². The minimum absolute atomic E-state index is 0.921. The molecule has 4 aliphatic rings. The molecule has 1 saturated carbocycles. The summed E-state index contributed by atoms with van der Waals surface area (Å²) in [4.78, 5) is 0. The lowest BCUT2D eigenvalue weighted by molar-refractivity contribution is 0.504. The van der Waals surface area contributed by atoms with Gasteiger partial charge in [-0.2, -0.15) is 0 Å². The van der Waals surface area contributed by atoms with Crippen molar-refractivity contribution in [3.05, 3.63) is 24.3 Å². The Morgan fingerprint density at radius 2 is 1.57 bits per heavy atom. The Kier molecular flexibility index (Phi) is 8.76. The number of allylic oxidation sites excluding steroid dienone is 1. The van der Waals surface area contributed by atoms with Crippen LogP contribution in [0.5, 0.6) is 0 Å². The van der Waals surface area contributed by atoms with E-state index in [-0.39, 0.29) is 0 Å². The van der Waals surface area contributed by atoms with Crippen molar-refractivity contribution in [1.82, 2.24) is 16.0 Å². The first-order chi connectivity index (χ1) is 10.4. The zero-order chi connectivity index (χ0) is 14.6. The van der Waals surface area contributed by atoms with Crippen LogP contribution in [-0.2, 0) is 0 Å². The van der Waals surface area contributed by atoms with Crippen molar-refractivity contribution in [2.75, 3.05) is 32.7 Å². The summed E-state index contributed by atoms with van der Waals surface area (Å²) in [5.41, 5.74) is 0.